The maximum Gasteiger partial charge on any atom is 0.252 e. The minimum atomic E-state index is -4.30. The number of rotatable bonds is 5. The molecule has 3 aromatic rings. The molecule has 3 aromatic carbocycles. The van der Waals surface area contributed by atoms with Gasteiger partial charge < -0.3 is 11.5 Å². The van der Waals surface area contributed by atoms with E-state index in [1.54, 1.807) is 60.7 Å². The van der Waals surface area contributed by atoms with E-state index >= 15 is 0 Å². The quantitative estimate of drug-likeness (QED) is 0.425. The molecule has 0 spiro atoms. The third kappa shape index (κ3) is 4.48. The second-order valence-electron chi connectivity index (χ2n) is 6.29. The van der Waals surface area contributed by atoms with Gasteiger partial charge in [0.25, 0.3) is 5.91 Å². The zero-order chi connectivity index (χ0) is 21.2. The molecule has 29 heavy (non-hydrogen) atoms. The van der Waals surface area contributed by atoms with E-state index in [-0.39, 0.29) is 16.8 Å². The van der Waals surface area contributed by atoms with Crippen LogP contribution in [0.5, 0.6) is 0 Å². The molecular weight excluding hydrogens is 410 g/mol. The van der Waals surface area contributed by atoms with Crippen LogP contribution in [-0.2, 0) is 10.0 Å². The molecule has 0 aliphatic carbocycles. The Morgan fingerprint density at radius 3 is 2.24 bits per heavy atom. The molecule has 0 saturated heterocycles. The van der Waals surface area contributed by atoms with E-state index in [9.17, 15) is 13.2 Å². The van der Waals surface area contributed by atoms with Gasteiger partial charge in [-0.05, 0) is 34.9 Å². The molecule has 0 fully saturated rings. The summed E-state index contributed by atoms with van der Waals surface area (Å²) in [5.41, 5.74) is 13.3. The van der Waals surface area contributed by atoms with Gasteiger partial charge in [0.1, 0.15) is 4.90 Å². The molecule has 0 heterocycles. The van der Waals surface area contributed by atoms with E-state index in [4.69, 9.17) is 28.2 Å². The van der Waals surface area contributed by atoms with Crippen molar-refractivity contribution >= 4 is 45.4 Å². The van der Waals surface area contributed by atoms with E-state index in [2.05, 4.69) is 0 Å². The van der Waals surface area contributed by atoms with Crippen molar-refractivity contribution in [1.29, 1.82) is 0 Å². The lowest BCUT2D eigenvalue weighted by Crippen LogP contribution is -2.23. The van der Waals surface area contributed by atoms with Crippen LogP contribution in [0, 0.1) is 0 Å². The van der Waals surface area contributed by atoms with Crippen LogP contribution >= 0.6 is 11.6 Å². The first-order chi connectivity index (χ1) is 13.7. The molecule has 0 radical (unpaired) electrons. The maximum absolute atomic E-state index is 12.3. The van der Waals surface area contributed by atoms with Gasteiger partial charge in [-0.25, -0.2) is 13.6 Å². The second-order valence-corrected chi connectivity index (χ2v) is 8.23. The number of carbonyl (C=O) groups excluding carboxylic acids is 1. The summed E-state index contributed by atoms with van der Waals surface area (Å²) in [7, 11) is -4.30. The van der Waals surface area contributed by atoms with Crippen LogP contribution in [0.15, 0.2) is 65.6 Å². The van der Waals surface area contributed by atoms with Crippen LogP contribution in [0.25, 0.3) is 23.3 Å². The number of benzene rings is 3. The molecular formula is C21H18ClN3O3S. The molecule has 148 valence electrons. The zero-order valence-corrected chi connectivity index (χ0v) is 16.7. The molecule has 1 amide bonds. The average molecular weight is 428 g/mol. The fourth-order valence-electron chi connectivity index (χ4n) is 3.03. The highest BCUT2D eigenvalue weighted by Gasteiger charge is 2.26. The van der Waals surface area contributed by atoms with E-state index < -0.39 is 20.8 Å². The highest BCUT2D eigenvalue weighted by atomic mass is 35.5. The van der Waals surface area contributed by atoms with Crippen molar-refractivity contribution in [2.45, 2.75) is 4.90 Å². The van der Waals surface area contributed by atoms with E-state index in [0.717, 1.165) is 5.56 Å². The summed E-state index contributed by atoms with van der Waals surface area (Å²) in [6, 6.07) is 17.6. The van der Waals surface area contributed by atoms with Crippen molar-refractivity contribution in [2.75, 3.05) is 5.73 Å². The van der Waals surface area contributed by atoms with Crippen molar-refractivity contribution in [1.82, 2.24) is 0 Å². The predicted molar refractivity (Wildman–Crippen MR) is 117 cm³/mol. The number of primary sulfonamides is 1. The van der Waals surface area contributed by atoms with Gasteiger partial charge in [0.15, 0.2) is 0 Å². The van der Waals surface area contributed by atoms with Gasteiger partial charge >= 0.3 is 0 Å². The highest BCUT2D eigenvalue weighted by Crippen LogP contribution is 2.36. The summed E-state index contributed by atoms with van der Waals surface area (Å²) < 4.78 is 24.6. The number of hydrogen-bond acceptors (Lipinski definition) is 4. The molecule has 0 aliphatic heterocycles. The minimum Gasteiger partial charge on any atom is -0.398 e. The number of halogens is 1. The van der Waals surface area contributed by atoms with Crippen LogP contribution < -0.4 is 16.6 Å². The topological polar surface area (TPSA) is 129 Å². The Kier molecular flexibility index (Phi) is 5.74. The smallest absolute Gasteiger partial charge is 0.252 e. The molecule has 6 nitrogen and oxygen atoms in total. The molecule has 0 aromatic heterocycles. The Morgan fingerprint density at radius 1 is 0.966 bits per heavy atom. The zero-order valence-electron chi connectivity index (χ0n) is 15.2. The van der Waals surface area contributed by atoms with Crippen LogP contribution in [0.1, 0.15) is 21.5 Å². The monoisotopic (exact) mass is 427 g/mol. The number of hydrogen-bond donors (Lipinski definition) is 3. The Morgan fingerprint density at radius 2 is 1.66 bits per heavy atom. The first-order valence-corrected chi connectivity index (χ1v) is 10.4. The third-order valence-corrected chi connectivity index (χ3v) is 5.51. The Labute approximate surface area is 173 Å². The summed E-state index contributed by atoms with van der Waals surface area (Å²) in [4.78, 5) is 11.7. The first kappa shape index (κ1) is 20.6. The normalized spacial score (nSPS) is 11.7. The Balaban J connectivity index is 2.33. The minimum absolute atomic E-state index is 0.0485. The van der Waals surface area contributed by atoms with Gasteiger partial charge in [-0.1, -0.05) is 66.2 Å². The van der Waals surface area contributed by atoms with E-state index in [1.165, 1.54) is 6.08 Å². The lowest BCUT2D eigenvalue weighted by atomic mass is 9.96. The van der Waals surface area contributed by atoms with Crippen molar-refractivity contribution < 1.29 is 13.2 Å². The number of nitrogen functional groups attached to an aromatic ring is 1. The second kappa shape index (κ2) is 8.08. The third-order valence-electron chi connectivity index (χ3n) is 4.27. The fraction of sp³-hybridized carbons (Fsp3) is 0. The number of primary amides is 1. The van der Waals surface area contributed by atoms with Gasteiger partial charge in [-0.3, -0.25) is 4.79 Å². The largest absolute Gasteiger partial charge is 0.398 e. The summed E-state index contributed by atoms with van der Waals surface area (Å²) in [6.45, 7) is 0. The van der Waals surface area contributed by atoms with Crippen LogP contribution in [0.4, 0.5) is 5.69 Å². The fourth-order valence-corrected chi connectivity index (χ4v) is 4.18. The summed E-state index contributed by atoms with van der Waals surface area (Å²) in [5.74, 6) is -0.985. The molecule has 3 rings (SSSR count). The number of amides is 1. The molecule has 6 N–H and O–H groups in total. The SMILES string of the molecule is NC(=O)c1c(N)c(-c2ccccc2)cc(C=Cc2cccc(Cl)c2)c1S(N)(=O)=O. The number of sulfonamides is 1. The van der Waals surface area contributed by atoms with Crippen LogP contribution in [0.3, 0.4) is 0 Å². The van der Waals surface area contributed by atoms with Crippen molar-refractivity contribution in [3.05, 3.63) is 82.4 Å². The molecule has 0 bridgehead atoms. The Bertz CT molecular complexity index is 1220. The molecule has 0 atom stereocenters. The lowest BCUT2D eigenvalue weighted by molar-refractivity contribution is 0.0998. The highest BCUT2D eigenvalue weighted by molar-refractivity contribution is 7.89. The Hall–Kier alpha value is -3.13. The van der Waals surface area contributed by atoms with Crippen molar-refractivity contribution in [3.8, 4) is 11.1 Å². The molecule has 0 saturated carbocycles. The summed E-state index contributed by atoms with van der Waals surface area (Å²) >= 11 is 6.00. The first-order valence-electron chi connectivity index (χ1n) is 8.46. The van der Waals surface area contributed by atoms with Crippen LogP contribution in [-0.4, -0.2) is 14.3 Å². The molecule has 0 aliphatic rings. The maximum atomic E-state index is 12.3. The number of anilines is 1. The summed E-state index contributed by atoms with van der Waals surface area (Å²) in [5, 5.41) is 5.93. The van der Waals surface area contributed by atoms with Gasteiger partial charge in [0, 0.05) is 10.6 Å². The molecule has 0 unspecified atom stereocenters. The lowest BCUT2D eigenvalue weighted by Gasteiger charge is -2.16. The molecule has 8 heteroatoms. The predicted octanol–water partition coefficient (Wildman–Crippen LogP) is 3.51. The van der Waals surface area contributed by atoms with E-state index in [1.807, 2.05) is 6.07 Å². The number of nitrogens with two attached hydrogens (primary N) is 3. The van der Waals surface area contributed by atoms with Gasteiger partial charge in [0.2, 0.25) is 10.0 Å². The van der Waals surface area contributed by atoms with Gasteiger partial charge in [-0.2, -0.15) is 0 Å². The van der Waals surface area contributed by atoms with Crippen LogP contribution in [0.2, 0.25) is 5.02 Å². The van der Waals surface area contributed by atoms with Crippen molar-refractivity contribution in [3.63, 3.8) is 0 Å². The number of carbonyl (C=O) groups is 1. The van der Waals surface area contributed by atoms with E-state index in [0.29, 0.717) is 16.1 Å². The average Bonchev–Trinajstić information content (AvgIpc) is 2.66. The van der Waals surface area contributed by atoms with Crippen molar-refractivity contribution in [2.24, 2.45) is 10.9 Å². The van der Waals surface area contributed by atoms with Gasteiger partial charge in [-0.15, -0.1) is 0 Å². The van der Waals surface area contributed by atoms with Gasteiger partial charge in [0.05, 0.1) is 11.3 Å². The summed E-state index contributed by atoms with van der Waals surface area (Å²) in [6.07, 6.45) is 3.19. The standard InChI is InChI=1S/C21H18ClN3O3S/c22-16-8-4-5-13(11-16)9-10-15-12-17(14-6-2-1-3-7-14)19(23)18(21(24)26)20(15)29(25,27)28/h1-12H,23H2,(H2,24,26)(H2,25,27,28).